The number of ether oxygens (including phenoxy) is 2. The van der Waals surface area contributed by atoms with Gasteiger partial charge in [0.15, 0.2) is 0 Å². The number of halogens is 3. The highest BCUT2D eigenvalue weighted by atomic mass is 19.4. The topological polar surface area (TPSA) is 52.6 Å². The average Bonchev–Trinajstić information content (AvgIpc) is 3.02. The Kier molecular flexibility index (Phi) is 3.03. The third-order valence-electron chi connectivity index (χ3n) is 6.33. The van der Waals surface area contributed by atoms with Crippen molar-refractivity contribution in [2.45, 2.75) is 56.9 Å². The number of rotatable bonds is 3. The van der Waals surface area contributed by atoms with Gasteiger partial charge in [0, 0.05) is 16.9 Å². The van der Waals surface area contributed by atoms with E-state index in [2.05, 4.69) is 6.58 Å². The SMILES string of the molecule is C=C(C)C(=O)OC12CC3CC(C1)C1C(OC(=O)C(F)(F)F)C1(C3)C2. The van der Waals surface area contributed by atoms with Gasteiger partial charge in [-0.2, -0.15) is 13.2 Å². The van der Waals surface area contributed by atoms with E-state index < -0.39 is 35.2 Å². The van der Waals surface area contributed by atoms with E-state index in [-0.39, 0.29) is 11.8 Å². The van der Waals surface area contributed by atoms with Crippen molar-refractivity contribution in [3.63, 3.8) is 0 Å². The van der Waals surface area contributed by atoms with Gasteiger partial charge in [0.2, 0.25) is 0 Å². The molecule has 0 amide bonds. The van der Waals surface area contributed by atoms with Gasteiger partial charge in [-0.1, -0.05) is 6.58 Å². The second-order valence-electron chi connectivity index (χ2n) is 8.09. The molecule has 0 aromatic rings. The molecule has 4 nitrogen and oxygen atoms in total. The van der Waals surface area contributed by atoms with Gasteiger partial charge in [-0.3, -0.25) is 0 Å². The molecule has 1 spiro atoms. The normalized spacial score (nSPS) is 44.7. The molecule has 5 fully saturated rings. The Morgan fingerprint density at radius 2 is 1.92 bits per heavy atom. The van der Waals surface area contributed by atoms with Gasteiger partial charge < -0.3 is 9.47 Å². The third-order valence-corrected chi connectivity index (χ3v) is 6.33. The average molecular weight is 344 g/mol. The summed E-state index contributed by atoms with van der Waals surface area (Å²) < 4.78 is 48.1. The highest BCUT2D eigenvalue weighted by molar-refractivity contribution is 5.87. The summed E-state index contributed by atoms with van der Waals surface area (Å²) in [6, 6.07) is 0. The molecule has 0 aromatic carbocycles. The van der Waals surface area contributed by atoms with Crippen LogP contribution >= 0.6 is 0 Å². The third kappa shape index (κ3) is 2.12. The Bertz CT molecular complexity index is 642. The fraction of sp³-hybridized carbons (Fsp3) is 0.765. The van der Waals surface area contributed by atoms with Crippen LogP contribution in [0.1, 0.15) is 39.0 Å². The zero-order chi connectivity index (χ0) is 17.5. The summed E-state index contributed by atoms with van der Waals surface area (Å²) in [5, 5.41) is 0. The lowest BCUT2D eigenvalue weighted by Gasteiger charge is -2.54. The van der Waals surface area contributed by atoms with Gasteiger partial charge >= 0.3 is 18.1 Å². The minimum atomic E-state index is -4.97. The van der Waals surface area contributed by atoms with Gasteiger partial charge in [-0.05, 0) is 50.9 Å². The Morgan fingerprint density at radius 1 is 1.21 bits per heavy atom. The number of carbonyl (C=O) groups is 2. The van der Waals surface area contributed by atoms with Gasteiger partial charge in [0.25, 0.3) is 0 Å². The number of alkyl halides is 3. The van der Waals surface area contributed by atoms with Crippen molar-refractivity contribution in [3.05, 3.63) is 12.2 Å². The molecule has 5 rings (SSSR count). The molecule has 24 heavy (non-hydrogen) atoms. The quantitative estimate of drug-likeness (QED) is 0.583. The van der Waals surface area contributed by atoms with E-state index in [1.807, 2.05) is 0 Å². The molecule has 132 valence electrons. The van der Waals surface area contributed by atoms with Crippen molar-refractivity contribution >= 4 is 11.9 Å². The molecule has 0 aliphatic heterocycles. The molecule has 4 bridgehead atoms. The largest absolute Gasteiger partial charge is 0.490 e. The lowest BCUT2D eigenvalue weighted by atomic mass is 9.54. The van der Waals surface area contributed by atoms with Crippen molar-refractivity contribution in [2.75, 3.05) is 0 Å². The maximum absolute atomic E-state index is 12.5. The molecule has 7 heteroatoms. The van der Waals surface area contributed by atoms with Crippen LogP contribution in [-0.4, -0.2) is 29.8 Å². The lowest BCUT2D eigenvalue weighted by molar-refractivity contribution is -0.203. The molecule has 0 N–H and O–H groups in total. The van der Waals surface area contributed by atoms with Crippen molar-refractivity contribution in [2.24, 2.45) is 23.2 Å². The summed E-state index contributed by atoms with van der Waals surface area (Å²) in [5.74, 6) is -2.09. The van der Waals surface area contributed by atoms with E-state index >= 15 is 0 Å². The molecule has 6 atom stereocenters. The van der Waals surface area contributed by atoms with Crippen LogP contribution in [0, 0.1) is 23.2 Å². The second-order valence-corrected chi connectivity index (χ2v) is 8.09. The maximum atomic E-state index is 12.5. The van der Waals surface area contributed by atoms with Crippen LogP contribution in [0.2, 0.25) is 0 Å². The first kappa shape index (κ1) is 16.0. The van der Waals surface area contributed by atoms with E-state index in [0.29, 0.717) is 24.3 Å². The number of hydrogen-bond acceptors (Lipinski definition) is 4. The molecule has 5 aliphatic carbocycles. The van der Waals surface area contributed by atoms with Gasteiger partial charge in [-0.15, -0.1) is 0 Å². The van der Waals surface area contributed by atoms with Crippen molar-refractivity contribution in [3.8, 4) is 0 Å². The van der Waals surface area contributed by atoms with Crippen molar-refractivity contribution in [1.82, 2.24) is 0 Å². The van der Waals surface area contributed by atoms with Gasteiger partial charge in [-0.25, -0.2) is 9.59 Å². The summed E-state index contributed by atoms with van der Waals surface area (Å²) in [5.41, 5.74) is -0.742. The predicted octanol–water partition coefficient (Wildman–Crippen LogP) is 3.16. The summed E-state index contributed by atoms with van der Waals surface area (Å²) >= 11 is 0. The molecular formula is C17H19F3O4. The van der Waals surface area contributed by atoms with Crippen LogP contribution in [0.15, 0.2) is 12.2 Å². The predicted molar refractivity (Wildman–Crippen MR) is 75.6 cm³/mol. The Labute approximate surface area is 137 Å². The zero-order valence-corrected chi connectivity index (χ0v) is 13.3. The zero-order valence-electron chi connectivity index (χ0n) is 13.3. The number of hydrogen-bond donors (Lipinski definition) is 0. The first-order valence-electron chi connectivity index (χ1n) is 8.23. The number of esters is 2. The van der Waals surface area contributed by atoms with Crippen LogP contribution < -0.4 is 0 Å². The smallest absolute Gasteiger partial charge is 0.456 e. The Hall–Kier alpha value is -1.53. The maximum Gasteiger partial charge on any atom is 0.490 e. The summed E-state index contributed by atoms with van der Waals surface area (Å²) in [6.45, 7) is 5.17. The van der Waals surface area contributed by atoms with Crippen molar-refractivity contribution in [1.29, 1.82) is 0 Å². The van der Waals surface area contributed by atoms with Crippen LogP contribution in [0.3, 0.4) is 0 Å². The molecule has 6 unspecified atom stereocenters. The van der Waals surface area contributed by atoms with E-state index in [1.165, 1.54) is 0 Å². The van der Waals surface area contributed by atoms with Crippen LogP contribution in [0.4, 0.5) is 13.2 Å². The van der Waals surface area contributed by atoms with Crippen molar-refractivity contribution < 1.29 is 32.2 Å². The summed E-state index contributed by atoms with van der Waals surface area (Å²) in [7, 11) is 0. The minimum Gasteiger partial charge on any atom is -0.456 e. The monoisotopic (exact) mass is 344 g/mol. The molecule has 5 saturated carbocycles. The minimum absolute atomic E-state index is 0.0167. The first-order chi connectivity index (χ1) is 11.1. The van der Waals surface area contributed by atoms with Gasteiger partial charge in [0.1, 0.15) is 11.7 Å². The van der Waals surface area contributed by atoms with Crippen LogP contribution in [0.25, 0.3) is 0 Å². The van der Waals surface area contributed by atoms with Gasteiger partial charge in [0.05, 0.1) is 0 Å². The Balaban J connectivity index is 1.55. The highest BCUT2D eigenvalue weighted by Crippen LogP contribution is 2.78. The van der Waals surface area contributed by atoms with E-state index in [4.69, 9.17) is 9.47 Å². The number of carbonyl (C=O) groups excluding carboxylic acids is 2. The summed E-state index contributed by atoms with van der Waals surface area (Å²) in [6.07, 6.45) is -2.09. The standard InChI is InChI=1S/C17H19F3O4/c1-8(2)13(21)24-15-4-9-3-10(6-15)11-12(16(11,5-9)7-15)23-14(22)17(18,19)20/h9-12H,1,3-7H2,2H3. The fourth-order valence-corrected chi connectivity index (χ4v) is 5.91. The highest BCUT2D eigenvalue weighted by Gasteiger charge is 2.79. The molecule has 0 saturated heterocycles. The molecule has 5 aliphatic rings. The molecule has 0 heterocycles. The molecular weight excluding hydrogens is 325 g/mol. The van der Waals surface area contributed by atoms with E-state index in [1.54, 1.807) is 6.92 Å². The first-order valence-corrected chi connectivity index (χ1v) is 8.23. The van der Waals surface area contributed by atoms with Crippen LogP contribution in [0.5, 0.6) is 0 Å². The van der Waals surface area contributed by atoms with E-state index in [0.717, 1.165) is 19.3 Å². The van der Waals surface area contributed by atoms with Crippen LogP contribution in [-0.2, 0) is 19.1 Å². The molecule has 0 aromatic heterocycles. The fourth-order valence-electron chi connectivity index (χ4n) is 5.91. The summed E-state index contributed by atoms with van der Waals surface area (Å²) in [4.78, 5) is 23.2. The second kappa shape index (κ2) is 4.55. The molecule has 0 radical (unpaired) electrons. The Morgan fingerprint density at radius 3 is 2.54 bits per heavy atom. The lowest BCUT2D eigenvalue weighted by Crippen LogP contribution is -2.53. The van der Waals surface area contributed by atoms with E-state index in [9.17, 15) is 22.8 Å².